The number of carboxylic acids is 1. The molecule has 0 fully saturated rings. The van der Waals surface area contributed by atoms with E-state index in [9.17, 15) is 9.90 Å². The predicted molar refractivity (Wildman–Crippen MR) is 35.6 cm³/mol. The molecule has 2 N–H and O–H groups in total. The van der Waals surface area contributed by atoms with E-state index >= 15 is 0 Å². The first-order valence-corrected chi connectivity index (χ1v) is 2.94. The zero-order chi connectivity index (χ0) is 7.44. The molecule has 0 aromatic heterocycles. The van der Waals surface area contributed by atoms with Gasteiger partial charge in [0.15, 0.2) is 0 Å². The molecule has 0 aliphatic carbocycles. The van der Waals surface area contributed by atoms with Gasteiger partial charge in [-0.15, -0.1) is 0 Å². The van der Waals surface area contributed by atoms with Crippen molar-refractivity contribution in [1.29, 1.82) is 0 Å². The van der Waals surface area contributed by atoms with Crippen molar-refractivity contribution in [2.75, 3.05) is 0 Å². The zero-order valence-electron chi connectivity index (χ0n) is 5.09. The molecule has 52 valence electrons. The van der Waals surface area contributed by atoms with Gasteiger partial charge < -0.3 is 15.6 Å². The minimum atomic E-state index is -1.12. The van der Waals surface area contributed by atoms with Crippen LogP contribution >= 0.6 is 12.2 Å². The van der Waals surface area contributed by atoms with Crippen LogP contribution in [0.3, 0.4) is 0 Å². The van der Waals surface area contributed by atoms with Crippen LogP contribution < -0.4 is 10.8 Å². The largest absolute Gasteiger partial charge is 0.550 e. The molecule has 0 aromatic carbocycles. The van der Waals surface area contributed by atoms with Crippen LogP contribution in [-0.4, -0.2) is 11.0 Å². The average Bonchev–Trinajstić information content (AvgIpc) is 1.63. The number of thiocarbonyl (C=S) groups is 1. The highest BCUT2D eigenvalue weighted by Crippen LogP contribution is 1.99. The van der Waals surface area contributed by atoms with Crippen LogP contribution in [0.2, 0.25) is 0 Å². The highest BCUT2D eigenvalue weighted by Gasteiger charge is 2.03. The SMILES string of the molecule is CC(CC(=O)[O-])C(N)=S. The number of nitrogens with two attached hydrogens (primary N) is 1. The molecule has 0 radical (unpaired) electrons. The van der Waals surface area contributed by atoms with Crippen LogP contribution in [0, 0.1) is 5.92 Å². The summed E-state index contributed by atoms with van der Waals surface area (Å²) < 4.78 is 0. The summed E-state index contributed by atoms with van der Waals surface area (Å²) in [5.41, 5.74) is 5.12. The predicted octanol–water partition coefficient (Wildman–Crippen LogP) is -0.951. The molecule has 1 atom stereocenters. The molecule has 0 amide bonds. The van der Waals surface area contributed by atoms with Gasteiger partial charge in [-0.3, -0.25) is 0 Å². The minimum Gasteiger partial charge on any atom is -0.550 e. The van der Waals surface area contributed by atoms with E-state index in [-0.39, 0.29) is 17.3 Å². The first-order chi connectivity index (χ1) is 4.04. The molecule has 0 bridgehead atoms. The van der Waals surface area contributed by atoms with E-state index in [1.807, 2.05) is 0 Å². The molecule has 0 aliphatic rings. The monoisotopic (exact) mass is 146 g/mol. The second kappa shape index (κ2) is 3.40. The van der Waals surface area contributed by atoms with Crippen LogP contribution in [0.15, 0.2) is 0 Å². The summed E-state index contributed by atoms with van der Waals surface area (Å²) in [5, 5.41) is 9.89. The molecular formula is C5H8NO2S-. The van der Waals surface area contributed by atoms with E-state index in [1.165, 1.54) is 0 Å². The Morgan fingerprint density at radius 1 is 1.89 bits per heavy atom. The van der Waals surface area contributed by atoms with Crippen molar-refractivity contribution in [2.45, 2.75) is 13.3 Å². The maximum absolute atomic E-state index is 9.89. The number of carboxylic acid groups (broad SMARTS) is 1. The lowest BCUT2D eigenvalue weighted by molar-refractivity contribution is -0.306. The summed E-state index contributed by atoms with van der Waals surface area (Å²) in [6.07, 6.45) is -0.0880. The summed E-state index contributed by atoms with van der Waals surface area (Å²) in [5.74, 6) is -1.37. The number of hydrogen-bond acceptors (Lipinski definition) is 3. The quantitative estimate of drug-likeness (QED) is 0.521. The third kappa shape index (κ3) is 3.90. The molecule has 0 heterocycles. The lowest BCUT2D eigenvalue weighted by atomic mass is 10.1. The molecule has 0 spiro atoms. The van der Waals surface area contributed by atoms with E-state index in [1.54, 1.807) is 6.92 Å². The van der Waals surface area contributed by atoms with Crippen LogP contribution in [-0.2, 0) is 4.79 Å². The van der Waals surface area contributed by atoms with Crippen LogP contribution in [0.5, 0.6) is 0 Å². The number of hydrogen-bond donors (Lipinski definition) is 1. The third-order valence-electron chi connectivity index (χ3n) is 0.959. The summed E-state index contributed by atoms with van der Waals surface area (Å²) in [7, 11) is 0. The molecule has 0 aliphatic heterocycles. The van der Waals surface area contributed by atoms with Gasteiger partial charge >= 0.3 is 0 Å². The Balaban J connectivity index is 3.63. The number of aliphatic carboxylic acids is 1. The number of carbonyl (C=O) groups is 1. The molecule has 1 unspecified atom stereocenters. The average molecular weight is 146 g/mol. The third-order valence-corrected chi connectivity index (χ3v) is 1.36. The standard InChI is InChI=1S/C5H9NO2S/c1-3(5(6)9)2-4(7)8/h3H,2H2,1H3,(H2,6,9)(H,7,8)/p-1. The lowest BCUT2D eigenvalue weighted by Gasteiger charge is -2.08. The van der Waals surface area contributed by atoms with Gasteiger partial charge in [0, 0.05) is 11.9 Å². The zero-order valence-corrected chi connectivity index (χ0v) is 5.90. The van der Waals surface area contributed by atoms with Gasteiger partial charge in [-0.25, -0.2) is 0 Å². The molecule has 0 saturated heterocycles. The number of rotatable bonds is 3. The van der Waals surface area contributed by atoms with E-state index in [2.05, 4.69) is 12.2 Å². The van der Waals surface area contributed by atoms with Crippen LogP contribution in [0.25, 0.3) is 0 Å². The fraction of sp³-hybridized carbons (Fsp3) is 0.600. The minimum absolute atomic E-state index is 0.0880. The topological polar surface area (TPSA) is 66.1 Å². The fourth-order valence-electron chi connectivity index (χ4n) is 0.351. The van der Waals surface area contributed by atoms with Gasteiger partial charge in [-0.2, -0.15) is 0 Å². The maximum Gasteiger partial charge on any atom is 0.0759 e. The number of carbonyl (C=O) groups excluding carboxylic acids is 1. The molecular weight excluding hydrogens is 138 g/mol. The van der Waals surface area contributed by atoms with E-state index in [0.717, 1.165) is 0 Å². The second-order valence-corrected chi connectivity index (χ2v) is 2.35. The fourth-order valence-corrected chi connectivity index (χ4v) is 0.434. The first-order valence-electron chi connectivity index (χ1n) is 2.53. The first kappa shape index (κ1) is 8.36. The Morgan fingerprint density at radius 2 is 2.33 bits per heavy atom. The normalized spacial score (nSPS) is 12.6. The molecule has 9 heavy (non-hydrogen) atoms. The maximum atomic E-state index is 9.89. The summed E-state index contributed by atoms with van der Waals surface area (Å²) >= 11 is 4.52. The van der Waals surface area contributed by atoms with E-state index in [0.29, 0.717) is 0 Å². The van der Waals surface area contributed by atoms with Crippen molar-refractivity contribution in [1.82, 2.24) is 0 Å². The Bertz CT molecular complexity index is 135. The van der Waals surface area contributed by atoms with Crippen LogP contribution in [0.1, 0.15) is 13.3 Å². The molecule has 4 heteroatoms. The van der Waals surface area contributed by atoms with Gasteiger partial charge in [0.25, 0.3) is 0 Å². The Labute approximate surface area is 58.9 Å². The Morgan fingerprint density at radius 3 is 2.44 bits per heavy atom. The summed E-state index contributed by atoms with van der Waals surface area (Å²) in [6, 6.07) is 0. The van der Waals surface area contributed by atoms with Gasteiger partial charge in [0.2, 0.25) is 0 Å². The smallest absolute Gasteiger partial charge is 0.0759 e. The Hall–Kier alpha value is -0.640. The van der Waals surface area contributed by atoms with Crippen LogP contribution in [0.4, 0.5) is 0 Å². The highest BCUT2D eigenvalue weighted by molar-refractivity contribution is 7.80. The van der Waals surface area contributed by atoms with Crippen molar-refractivity contribution in [3.63, 3.8) is 0 Å². The molecule has 0 aromatic rings. The summed E-state index contributed by atoms with van der Waals surface area (Å²) in [6.45, 7) is 1.65. The van der Waals surface area contributed by atoms with E-state index in [4.69, 9.17) is 5.73 Å². The van der Waals surface area contributed by atoms with Gasteiger partial charge in [-0.1, -0.05) is 19.1 Å². The molecule has 0 rings (SSSR count). The van der Waals surface area contributed by atoms with Crippen molar-refractivity contribution >= 4 is 23.2 Å². The van der Waals surface area contributed by atoms with E-state index < -0.39 is 5.97 Å². The lowest BCUT2D eigenvalue weighted by Crippen LogP contribution is -2.29. The molecule has 3 nitrogen and oxygen atoms in total. The van der Waals surface area contributed by atoms with Gasteiger partial charge in [0.1, 0.15) is 0 Å². The van der Waals surface area contributed by atoms with Gasteiger partial charge in [0.05, 0.1) is 4.99 Å². The van der Waals surface area contributed by atoms with Crippen molar-refractivity contribution in [3.8, 4) is 0 Å². The Kier molecular flexibility index (Phi) is 3.16. The van der Waals surface area contributed by atoms with Gasteiger partial charge in [-0.05, 0) is 6.42 Å². The highest BCUT2D eigenvalue weighted by atomic mass is 32.1. The molecule has 0 saturated carbocycles. The summed E-state index contributed by atoms with van der Waals surface area (Å²) in [4.78, 5) is 10.1. The van der Waals surface area contributed by atoms with Crippen molar-refractivity contribution in [2.24, 2.45) is 11.7 Å². The second-order valence-electron chi connectivity index (χ2n) is 1.88. The van der Waals surface area contributed by atoms with Crippen molar-refractivity contribution in [3.05, 3.63) is 0 Å². The van der Waals surface area contributed by atoms with Crippen molar-refractivity contribution < 1.29 is 9.90 Å².